The Hall–Kier alpha value is -0.330. The van der Waals surface area contributed by atoms with Gasteiger partial charge in [-0.1, -0.05) is 19.8 Å². The SMILES string of the molecule is CCCCC1N=NN=CC1=O.I. The summed E-state index contributed by atoms with van der Waals surface area (Å²) >= 11 is 0. The molecule has 1 atom stereocenters. The Morgan fingerprint density at radius 1 is 1.58 bits per heavy atom. The van der Waals surface area contributed by atoms with E-state index in [4.69, 9.17) is 0 Å². The fourth-order valence-electron chi connectivity index (χ4n) is 0.915. The highest BCUT2D eigenvalue weighted by Crippen LogP contribution is 2.08. The van der Waals surface area contributed by atoms with Crippen molar-refractivity contribution in [3.8, 4) is 0 Å². The number of carbonyl (C=O) groups excluding carboxylic acids is 1. The van der Waals surface area contributed by atoms with Gasteiger partial charge < -0.3 is 0 Å². The molecule has 0 amide bonds. The molecule has 4 nitrogen and oxygen atoms in total. The van der Waals surface area contributed by atoms with Crippen LogP contribution in [0.5, 0.6) is 0 Å². The molecule has 0 saturated heterocycles. The average Bonchev–Trinajstić information content (AvgIpc) is 2.03. The summed E-state index contributed by atoms with van der Waals surface area (Å²) in [6.45, 7) is 2.08. The lowest BCUT2D eigenvalue weighted by Gasteiger charge is -2.06. The summed E-state index contributed by atoms with van der Waals surface area (Å²) in [4.78, 5) is 11.0. The van der Waals surface area contributed by atoms with Gasteiger partial charge in [-0.3, -0.25) is 4.79 Å². The maximum Gasteiger partial charge on any atom is 0.202 e. The smallest absolute Gasteiger partial charge is 0.202 e. The van der Waals surface area contributed by atoms with Crippen LogP contribution >= 0.6 is 24.0 Å². The molecule has 0 bridgehead atoms. The first-order chi connectivity index (χ1) is 5.34. The lowest BCUT2D eigenvalue weighted by Crippen LogP contribution is -2.20. The van der Waals surface area contributed by atoms with Crippen molar-refractivity contribution in [3.05, 3.63) is 0 Å². The zero-order valence-corrected chi connectivity index (χ0v) is 9.26. The topological polar surface area (TPSA) is 54.1 Å². The molecule has 0 fully saturated rings. The monoisotopic (exact) mass is 281 g/mol. The standard InChI is InChI=1S/C7H11N3O.HI/c1-2-3-4-6-7(11)5-8-10-9-6;/h5-6H,2-4H2,1H3;1H. The third kappa shape index (κ3) is 3.38. The van der Waals surface area contributed by atoms with Crippen molar-refractivity contribution in [2.75, 3.05) is 0 Å². The normalized spacial score (nSPS) is 20.8. The Balaban J connectivity index is 0.00000121. The van der Waals surface area contributed by atoms with Crippen LogP contribution < -0.4 is 0 Å². The zero-order chi connectivity index (χ0) is 8.10. The van der Waals surface area contributed by atoms with Crippen LogP contribution in [0.3, 0.4) is 0 Å². The fraction of sp³-hybridized carbons (Fsp3) is 0.714. The van der Waals surface area contributed by atoms with Crippen molar-refractivity contribution in [2.24, 2.45) is 15.4 Å². The quantitative estimate of drug-likeness (QED) is 0.731. The van der Waals surface area contributed by atoms with Crippen molar-refractivity contribution in [1.29, 1.82) is 0 Å². The molecular formula is C7H12IN3O. The van der Waals surface area contributed by atoms with Gasteiger partial charge in [0.2, 0.25) is 5.78 Å². The first-order valence-electron chi connectivity index (χ1n) is 3.81. The molecule has 0 N–H and O–H groups in total. The van der Waals surface area contributed by atoms with Crippen molar-refractivity contribution < 1.29 is 4.79 Å². The van der Waals surface area contributed by atoms with Gasteiger partial charge >= 0.3 is 0 Å². The Bertz CT molecular complexity index is 203. The van der Waals surface area contributed by atoms with Gasteiger partial charge in [0.25, 0.3) is 0 Å². The Kier molecular flexibility index (Phi) is 6.04. The van der Waals surface area contributed by atoms with E-state index >= 15 is 0 Å². The van der Waals surface area contributed by atoms with E-state index in [9.17, 15) is 4.79 Å². The van der Waals surface area contributed by atoms with Crippen LogP contribution in [0.1, 0.15) is 26.2 Å². The van der Waals surface area contributed by atoms with Crippen LogP contribution in [-0.4, -0.2) is 18.0 Å². The second kappa shape index (κ2) is 6.22. The molecule has 0 aromatic rings. The third-order valence-corrected chi connectivity index (χ3v) is 1.59. The molecule has 1 heterocycles. The summed E-state index contributed by atoms with van der Waals surface area (Å²) in [5, 5.41) is 10.6. The Morgan fingerprint density at radius 2 is 2.33 bits per heavy atom. The Labute approximate surface area is 88.5 Å². The van der Waals surface area contributed by atoms with E-state index in [1.807, 2.05) is 0 Å². The van der Waals surface area contributed by atoms with E-state index in [0.717, 1.165) is 19.3 Å². The van der Waals surface area contributed by atoms with E-state index in [0.29, 0.717) is 0 Å². The summed E-state index contributed by atoms with van der Waals surface area (Å²) < 4.78 is 0. The average molecular weight is 281 g/mol. The van der Waals surface area contributed by atoms with Gasteiger partial charge in [0.1, 0.15) is 6.04 Å². The van der Waals surface area contributed by atoms with Crippen molar-refractivity contribution in [1.82, 2.24) is 0 Å². The predicted octanol–water partition coefficient (Wildman–Crippen LogP) is 2.18. The molecule has 1 unspecified atom stereocenters. The van der Waals surface area contributed by atoms with Gasteiger partial charge in [-0.2, -0.15) is 5.11 Å². The number of Topliss-reactive ketones (excluding diaryl/α,β-unsaturated/α-hetero) is 1. The zero-order valence-electron chi connectivity index (χ0n) is 6.93. The second-order valence-corrected chi connectivity index (χ2v) is 2.51. The number of hydrogen-bond acceptors (Lipinski definition) is 4. The van der Waals surface area contributed by atoms with Crippen LogP contribution in [0.15, 0.2) is 15.4 Å². The van der Waals surface area contributed by atoms with Gasteiger partial charge in [0.15, 0.2) is 0 Å². The van der Waals surface area contributed by atoms with Gasteiger partial charge in [-0.15, -0.1) is 29.1 Å². The first-order valence-corrected chi connectivity index (χ1v) is 3.81. The molecule has 12 heavy (non-hydrogen) atoms. The van der Waals surface area contributed by atoms with Crippen LogP contribution in [0.4, 0.5) is 0 Å². The number of rotatable bonds is 3. The summed E-state index contributed by atoms with van der Waals surface area (Å²) in [5.74, 6) is -0.0200. The summed E-state index contributed by atoms with van der Waals surface area (Å²) in [6.07, 6.45) is 4.14. The van der Waals surface area contributed by atoms with Crippen LogP contribution in [-0.2, 0) is 4.79 Å². The first kappa shape index (κ1) is 11.7. The molecule has 1 rings (SSSR count). The summed E-state index contributed by atoms with van der Waals surface area (Å²) in [5.41, 5.74) is 0. The van der Waals surface area contributed by atoms with Crippen LogP contribution in [0.25, 0.3) is 0 Å². The molecule has 0 radical (unpaired) electrons. The summed E-state index contributed by atoms with van der Waals surface area (Å²) in [7, 11) is 0. The number of ketones is 1. The van der Waals surface area contributed by atoms with E-state index in [-0.39, 0.29) is 35.8 Å². The molecule has 0 aliphatic carbocycles. The van der Waals surface area contributed by atoms with Crippen molar-refractivity contribution in [2.45, 2.75) is 32.2 Å². The third-order valence-electron chi connectivity index (χ3n) is 1.59. The summed E-state index contributed by atoms with van der Waals surface area (Å²) in [6, 6.07) is -0.257. The van der Waals surface area contributed by atoms with Gasteiger partial charge in [0.05, 0.1) is 6.21 Å². The van der Waals surface area contributed by atoms with Gasteiger partial charge in [-0.05, 0) is 11.6 Å². The number of hydrogen-bond donors (Lipinski definition) is 0. The minimum atomic E-state index is -0.257. The molecule has 5 heteroatoms. The second-order valence-electron chi connectivity index (χ2n) is 2.51. The van der Waals surface area contributed by atoms with E-state index in [2.05, 4.69) is 22.4 Å². The molecule has 0 aromatic heterocycles. The Morgan fingerprint density at radius 3 is 2.92 bits per heavy atom. The molecule has 68 valence electrons. The van der Waals surface area contributed by atoms with E-state index < -0.39 is 0 Å². The molecule has 1 aliphatic heterocycles. The maximum absolute atomic E-state index is 11.0. The number of nitrogens with zero attached hydrogens (tertiary/aromatic N) is 3. The van der Waals surface area contributed by atoms with Gasteiger partial charge in [0, 0.05) is 0 Å². The molecule has 1 aliphatic rings. The number of unbranched alkanes of at least 4 members (excludes halogenated alkanes) is 1. The van der Waals surface area contributed by atoms with E-state index in [1.54, 1.807) is 0 Å². The predicted molar refractivity (Wildman–Crippen MR) is 57.1 cm³/mol. The van der Waals surface area contributed by atoms with Crippen molar-refractivity contribution in [3.63, 3.8) is 0 Å². The fourth-order valence-corrected chi connectivity index (χ4v) is 0.915. The van der Waals surface area contributed by atoms with Crippen molar-refractivity contribution >= 4 is 36.0 Å². The van der Waals surface area contributed by atoms with Crippen LogP contribution in [0, 0.1) is 0 Å². The van der Waals surface area contributed by atoms with Gasteiger partial charge in [-0.25, -0.2) is 0 Å². The maximum atomic E-state index is 11.0. The molecule has 0 saturated carbocycles. The minimum absolute atomic E-state index is 0. The van der Waals surface area contributed by atoms with Crippen LogP contribution in [0.2, 0.25) is 0 Å². The van der Waals surface area contributed by atoms with E-state index in [1.165, 1.54) is 6.21 Å². The highest BCUT2D eigenvalue weighted by Gasteiger charge is 2.17. The largest absolute Gasteiger partial charge is 0.291 e. The number of halogens is 1. The highest BCUT2D eigenvalue weighted by molar-refractivity contribution is 14.0. The lowest BCUT2D eigenvalue weighted by atomic mass is 10.1. The highest BCUT2D eigenvalue weighted by atomic mass is 127. The molecule has 0 aromatic carbocycles. The molecular weight excluding hydrogens is 269 g/mol. The number of carbonyl (C=O) groups is 1. The lowest BCUT2D eigenvalue weighted by molar-refractivity contribution is -0.114. The minimum Gasteiger partial charge on any atom is -0.291 e. The molecule has 0 spiro atoms.